The van der Waals surface area contributed by atoms with E-state index >= 15 is 0 Å². The molecule has 0 aromatic carbocycles. The van der Waals surface area contributed by atoms with Gasteiger partial charge >= 0.3 is 0 Å². The molecular formula is C13H16N2S. The van der Waals surface area contributed by atoms with Crippen LogP contribution in [0.4, 0.5) is 5.82 Å². The zero-order chi connectivity index (χ0) is 11.0. The summed E-state index contributed by atoms with van der Waals surface area (Å²) in [6, 6.07) is 4.23. The number of hydrogen-bond acceptors (Lipinski definition) is 3. The van der Waals surface area contributed by atoms with Gasteiger partial charge in [-0.15, -0.1) is 11.3 Å². The lowest BCUT2D eigenvalue weighted by atomic mass is 10.1. The molecule has 0 aliphatic heterocycles. The minimum absolute atomic E-state index is 0.774. The maximum Gasteiger partial charge on any atom is 0.134 e. The predicted octanol–water partition coefficient (Wildman–Crippen LogP) is 3.75. The van der Waals surface area contributed by atoms with Crippen molar-refractivity contribution in [3.05, 3.63) is 23.7 Å². The average molecular weight is 232 g/mol. The number of nitrogens with zero attached hydrogens (tertiary/aromatic N) is 1. The summed E-state index contributed by atoms with van der Waals surface area (Å²) in [7, 11) is 0. The van der Waals surface area contributed by atoms with Gasteiger partial charge in [-0.1, -0.05) is 6.92 Å². The molecule has 0 radical (unpaired) electrons. The monoisotopic (exact) mass is 232 g/mol. The van der Waals surface area contributed by atoms with Crippen molar-refractivity contribution in [1.82, 2.24) is 4.98 Å². The Morgan fingerprint density at radius 2 is 2.38 bits per heavy atom. The highest BCUT2D eigenvalue weighted by Crippen LogP contribution is 2.36. The van der Waals surface area contributed by atoms with E-state index in [4.69, 9.17) is 0 Å². The molecule has 1 fully saturated rings. The molecule has 2 aromatic heterocycles. The number of aromatic nitrogens is 1. The SMILES string of the molecule is CC(CNc1nccc2sccc12)C1CC1. The second kappa shape index (κ2) is 4.06. The van der Waals surface area contributed by atoms with Crippen molar-refractivity contribution in [3.8, 4) is 0 Å². The van der Waals surface area contributed by atoms with Crippen LogP contribution in [-0.2, 0) is 0 Å². The first-order chi connectivity index (χ1) is 7.84. The molecular weight excluding hydrogens is 216 g/mol. The highest BCUT2D eigenvalue weighted by atomic mass is 32.1. The van der Waals surface area contributed by atoms with Gasteiger partial charge in [-0.2, -0.15) is 0 Å². The predicted molar refractivity (Wildman–Crippen MR) is 70.0 cm³/mol. The molecule has 1 aliphatic carbocycles. The first-order valence-corrected chi connectivity index (χ1v) is 6.78. The summed E-state index contributed by atoms with van der Waals surface area (Å²) in [5.74, 6) is 2.77. The second-order valence-corrected chi connectivity index (χ2v) is 5.64. The van der Waals surface area contributed by atoms with Crippen molar-refractivity contribution in [1.29, 1.82) is 0 Å². The van der Waals surface area contributed by atoms with Gasteiger partial charge in [0.2, 0.25) is 0 Å². The Morgan fingerprint density at radius 3 is 3.19 bits per heavy atom. The Labute approximate surface area is 99.7 Å². The summed E-state index contributed by atoms with van der Waals surface area (Å²) in [6.07, 6.45) is 4.72. The summed E-state index contributed by atoms with van der Waals surface area (Å²) >= 11 is 1.77. The van der Waals surface area contributed by atoms with Crippen LogP contribution < -0.4 is 5.32 Å². The first kappa shape index (κ1) is 10.1. The van der Waals surface area contributed by atoms with Crippen LogP contribution in [0.1, 0.15) is 19.8 Å². The van der Waals surface area contributed by atoms with Crippen LogP contribution in [0, 0.1) is 11.8 Å². The van der Waals surface area contributed by atoms with Gasteiger partial charge in [0.1, 0.15) is 5.82 Å². The van der Waals surface area contributed by atoms with Crippen molar-refractivity contribution in [3.63, 3.8) is 0 Å². The Kier molecular flexibility index (Phi) is 2.56. The average Bonchev–Trinajstić information content (AvgIpc) is 3.04. The van der Waals surface area contributed by atoms with E-state index in [0.717, 1.165) is 24.2 Å². The van der Waals surface area contributed by atoms with E-state index in [1.165, 1.54) is 22.9 Å². The molecule has 1 unspecified atom stereocenters. The number of fused-ring (bicyclic) bond motifs is 1. The highest BCUT2D eigenvalue weighted by molar-refractivity contribution is 7.17. The Hall–Kier alpha value is -1.09. The van der Waals surface area contributed by atoms with Crippen LogP contribution in [0.5, 0.6) is 0 Å². The number of rotatable bonds is 4. The molecule has 3 rings (SSSR count). The molecule has 84 valence electrons. The minimum atomic E-state index is 0.774. The lowest BCUT2D eigenvalue weighted by Crippen LogP contribution is -2.13. The molecule has 2 nitrogen and oxygen atoms in total. The Morgan fingerprint density at radius 1 is 1.50 bits per heavy atom. The third-order valence-electron chi connectivity index (χ3n) is 3.40. The molecule has 0 saturated heterocycles. The molecule has 3 heteroatoms. The van der Waals surface area contributed by atoms with E-state index in [0.29, 0.717) is 0 Å². The molecule has 16 heavy (non-hydrogen) atoms. The maximum absolute atomic E-state index is 4.43. The minimum Gasteiger partial charge on any atom is -0.369 e. The van der Waals surface area contributed by atoms with Gasteiger partial charge in [-0.05, 0) is 42.2 Å². The maximum atomic E-state index is 4.43. The molecule has 0 amide bonds. The Bertz CT molecular complexity index is 487. The van der Waals surface area contributed by atoms with Gasteiger partial charge in [-0.3, -0.25) is 0 Å². The van der Waals surface area contributed by atoms with E-state index < -0.39 is 0 Å². The van der Waals surface area contributed by atoms with Gasteiger partial charge < -0.3 is 5.32 Å². The number of thiophene rings is 1. The molecule has 2 aromatic rings. The van der Waals surface area contributed by atoms with Gasteiger partial charge in [0.15, 0.2) is 0 Å². The number of anilines is 1. The van der Waals surface area contributed by atoms with Gasteiger partial charge in [0.05, 0.1) is 0 Å². The first-order valence-electron chi connectivity index (χ1n) is 5.90. The van der Waals surface area contributed by atoms with E-state index in [9.17, 15) is 0 Å². The normalized spacial score (nSPS) is 17.6. The van der Waals surface area contributed by atoms with E-state index in [2.05, 4.69) is 34.7 Å². The summed E-state index contributed by atoms with van der Waals surface area (Å²) in [5.41, 5.74) is 0. The van der Waals surface area contributed by atoms with Crippen LogP contribution in [0.3, 0.4) is 0 Å². The van der Waals surface area contributed by atoms with Crippen molar-refractivity contribution in [2.75, 3.05) is 11.9 Å². The van der Waals surface area contributed by atoms with Gasteiger partial charge in [0.25, 0.3) is 0 Å². The molecule has 0 bridgehead atoms. The van der Waals surface area contributed by atoms with Crippen LogP contribution in [0.25, 0.3) is 10.1 Å². The van der Waals surface area contributed by atoms with Crippen LogP contribution in [-0.4, -0.2) is 11.5 Å². The van der Waals surface area contributed by atoms with E-state index in [-0.39, 0.29) is 0 Å². The third-order valence-corrected chi connectivity index (χ3v) is 4.28. The molecule has 1 N–H and O–H groups in total. The highest BCUT2D eigenvalue weighted by Gasteiger charge is 2.27. The lowest BCUT2D eigenvalue weighted by molar-refractivity contribution is 0.536. The van der Waals surface area contributed by atoms with Crippen molar-refractivity contribution < 1.29 is 0 Å². The van der Waals surface area contributed by atoms with Crippen LogP contribution in [0.15, 0.2) is 23.7 Å². The van der Waals surface area contributed by atoms with Crippen LogP contribution in [0.2, 0.25) is 0 Å². The fourth-order valence-corrected chi connectivity index (χ4v) is 2.91. The fourth-order valence-electron chi connectivity index (χ4n) is 2.13. The van der Waals surface area contributed by atoms with Crippen molar-refractivity contribution in [2.45, 2.75) is 19.8 Å². The number of pyridine rings is 1. The largest absolute Gasteiger partial charge is 0.369 e. The molecule has 1 saturated carbocycles. The second-order valence-electron chi connectivity index (χ2n) is 4.69. The zero-order valence-corrected chi connectivity index (χ0v) is 10.3. The molecule has 0 spiro atoms. The Balaban J connectivity index is 1.75. The quantitative estimate of drug-likeness (QED) is 0.868. The molecule has 2 heterocycles. The van der Waals surface area contributed by atoms with Crippen molar-refractivity contribution in [2.24, 2.45) is 11.8 Å². The summed E-state index contributed by atoms with van der Waals surface area (Å²) in [4.78, 5) is 4.43. The standard InChI is InChI=1S/C13H16N2S/c1-9(10-2-3-10)8-15-13-11-5-7-16-12(11)4-6-14-13/h4-7,9-10H,2-3,8H2,1H3,(H,14,15). The third kappa shape index (κ3) is 1.92. The van der Waals surface area contributed by atoms with Gasteiger partial charge in [-0.25, -0.2) is 4.98 Å². The lowest BCUT2D eigenvalue weighted by Gasteiger charge is -2.12. The van der Waals surface area contributed by atoms with Crippen LogP contribution >= 0.6 is 11.3 Å². The zero-order valence-electron chi connectivity index (χ0n) is 9.44. The summed E-state index contributed by atoms with van der Waals surface area (Å²) < 4.78 is 1.32. The molecule has 1 aliphatic rings. The summed E-state index contributed by atoms with van der Waals surface area (Å²) in [5, 5.41) is 6.88. The van der Waals surface area contributed by atoms with Gasteiger partial charge in [0, 0.05) is 22.8 Å². The fraction of sp³-hybridized carbons (Fsp3) is 0.462. The van der Waals surface area contributed by atoms with E-state index in [1.807, 2.05) is 6.20 Å². The van der Waals surface area contributed by atoms with Crippen molar-refractivity contribution >= 4 is 27.2 Å². The number of nitrogens with one attached hydrogen (secondary N) is 1. The smallest absolute Gasteiger partial charge is 0.134 e. The van der Waals surface area contributed by atoms with E-state index in [1.54, 1.807) is 11.3 Å². The molecule has 1 atom stereocenters. The number of hydrogen-bond donors (Lipinski definition) is 1. The summed E-state index contributed by atoms with van der Waals surface area (Å²) in [6.45, 7) is 3.38. The topological polar surface area (TPSA) is 24.9 Å².